The number of fused-ring (bicyclic) bond motifs is 1. The molecule has 0 saturated heterocycles. The molecule has 49 heavy (non-hydrogen) atoms. The summed E-state index contributed by atoms with van der Waals surface area (Å²) in [5, 5.41) is 0.694. The Bertz CT molecular complexity index is 1790. The molecule has 3 aromatic carbocycles. The zero-order chi connectivity index (χ0) is 34.6. The molecule has 5 rings (SSSR count). The lowest BCUT2D eigenvalue weighted by molar-refractivity contribution is 0.248. The molecule has 0 fully saturated rings. The smallest absolute Gasteiger partial charge is 0.150 e. The summed E-state index contributed by atoms with van der Waals surface area (Å²) in [7, 11) is 0. The van der Waals surface area contributed by atoms with Gasteiger partial charge < -0.3 is 28.4 Å². The summed E-state index contributed by atoms with van der Waals surface area (Å²) in [6, 6.07) is 21.3. The Hall–Kier alpha value is -4.27. The van der Waals surface area contributed by atoms with Gasteiger partial charge in [0, 0.05) is 42.5 Å². The van der Waals surface area contributed by atoms with Crippen molar-refractivity contribution in [3.63, 3.8) is 0 Å². The van der Waals surface area contributed by atoms with Gasteiger partial charge in [-0.1, -0.05) is 44.9 Å². The van der Waals surface area contributed by atoms with Crippen molar-refractivity contribution in [1.82, 2.24) is 19.4 Å². The van der Waals surface area contributed by atoms with Crippen molar-refractivity contribution >= 4 is 22.6 Å². The van der Waals surface area contributed by atoms with Crippen LogP contribution in [0, 0.1) is 13.8 Å². The second-order valence-electron chi connectivity index (χ2n) is 11.9. The van der Waals surface area contributed by atoms with Crippen molar-refractivity contribution in [2.75, 3.05) is 32.8 Å². The summed E-state index contributed by atoms with van der Waals surface area (Å²) < 4.78 is 27.6. The lowest BCUT2D eigenvalue weighted by atomic mass is 10.1. The van der Waals surface area contributed by atoms with Crippen LogP contribution in [-0.4, -0.2) is 52.3 Å². The van der Waals surface area contributed by atoms with Gasteiger partial charge in [-0.2, -0.15) is 0 Å². The fourth-order valence-corrected chi connectivity index (χ4v) is 5.75. The molecule has 0 amide bonds. The molecular weight excluding hydrogens is 636 g/mol. The largest absolute Gasteiger partial charge is 0.493 e. The van der Waals surface area contributed by atoms with E-state index in [0.29, 0.717) is 47.7 Å². The molecule has 0 aliphatic carbocycles. The quantitative estimate of drug-likeness (QED) is 0.0803. The van der Waals surface area contributed by atoms with E-state index in [1.807, 2.05) is 67.6 Å². The number of unbranched alkanes of at least 4 members (excludes halogenated alkanes) is 1. The predicted molar refractivity (Wildman–Crippen MR) is 198 cm³/mol. The molecule has 2 aromatic heterocycles. The Morgan fingerprint density at radius 3 is 2.37 bits per heavy atom. The molecule has 0 atom stereocenters. The zero-order valence-corrected chi connectivity index (χ0v) is 30.0. The number of benzene rings is 3. The standard InChI is InChI=1S/C40H48ClN4O4/c1-6-10-21-45-36-25-33(46-23-13-20-44(8-3)9-4)27-38(47-22-7-2)39(36)43-40(45)34-17-15-32(49-31-16-18-35(41)29(5)24-31)26-37(34)48-28-30-14-11-12-19-42-30/h11-12,14-19,24-27H,2,6-10,13,20-23,28H2,1,3-5H3. The predicted octanol–water partition coefficient (Wildman–Crippen LogP) is 9.95. The molecule has 0 spiro atoms. The first-order chi connectivity index (χ1) is 23.9. The summed E-state index contributed by atoms with van der Waals surface area (Å²) in [5.74, 6) is 4.20. The van der Waals surface area contributed by atoms with Crippen LogP contribution in [0.3, 0.4) is 0 Å². The fourth-order valence-electron chi connectivity index (χ4n) is 5.63. The monoisotopic (exact) mass is 683 g/mol. The minimum Gasteiger partial charge on any atom is -0.493 e. The molecule has 0 aliphatic rings. The Balaban J connectivity index is 1.56. The maximum atomic E-state index is 6.49. The molecule has 0 aliphatic heterocycles. The SMILES string of the molecule is [CH2]CCOc1cc(OCCCN(CC)CC)cc2c1nc(-c1ccc(Oc3ccc(Cl)c(C)c3)cc1OCc1ccccn1)n2CCCC. The van der Waals surface area contributed by atoms with E-state index in [0.717, 1.165) is 84.9 Å². The first-order valence-electron chi connectivity index (χ1n) is 17.4. The third-order valence-corrected chi connectivity index (χ3v) is 8.80. The van der Waals surface area contributed by atoms with E-state index in [2.05, 4.69) is 48.2 Å². The molecule has 0 bridgehead atoms. The number of hydrogen-bond acceptors (Lipinski definition) is 7. The van der Waals surface area contributed by atoms with Crippen molar-refractivity contribution in [2.45, 2.75) is 66.5 Å². The van der Waals surface area contributed by atoms with Gasteiger partial charge in [-0.15, -0.1) is 0 Å². The van der Waals surface area contributed by atoms with Crippen LogP contribution < -0.4 is 18.9 Å². The lowest BCUT2D eigenvalue weighted by Crippen LogP contribution is -2.25. The molecule has 9 heteroatoms. The Morgan fingerprint density at radius 1 is 0.837 bits per heavy atom. The van der Waals surface area contributed by atoms with Gasteiger partial charge in [-0.25, -0.2) is 4.98 Å². The minimum atomic E-state index is 0.288. The molecule has 2 heterocycles. The average molecular weight is 684 g/mol. The molecule has 259 valence electrons. The summed E-state index contributed by atoms with van der Waals surface area (Å²) in [6.45, 7) is 17.7. The van der Waals surface area contributed by atoms with Crippen LogP contribution in [-0.2, 0) is 13.2 Å². The lowest BCUT2D eigenvalue weighted by Gasteiger charge is -2.18. The third-order valence-electron chi connectivity index (χ3n) is 8.37. The van der Waals surface area contributed by atoms with Crippen molar-refractivity contribution in [2.24, 2.45) is 0 Å². The highest BCUT2D eigenvalue weighted by atomic mass is 35.5. The maximum Gasteiger partial charge on any atom is 0.150 e. The van der Waals surface area contributed by atoms with Gasteiger partial charge in [0.25, 0.3) is 0 Å². The molecule has 1 radical (unpaired) electrons. The normalized spacial score (nSPS) is 11.3. The van der Waals surface area contributed by atoms with Gasteiger partial charge in [-0.3, -0.25) is 4.98 Å². The van der Waals surface area contributed by atoms with E-state index in [1.165, 1.54) is 0 Å². The number of halogens is 1. The van der Waals surface area contributed by atoms with E-state index in [9.17, 15) is 0 Å². The molecule has 8 nitrogen and oxygen atoms in total. The number of rotatable bonds is 19. The molecule has 5 aromatic rings. The first-order valence-corrected chi connectivity index (χ1v) is 17.7. The van der Waals surface area contributed by atoms with Gasteiger partial charge in [0.15, 0.2) is 5.75 Å². The van der Waals surface area contributed by atoms with Crippen LogP contribution in [0.1, 0.15) is 57.7 Å². The van der Waals surface area contributed by atoms with E-state index in [1.54, 1.807) is 6.20 Å². The number of aromatic nitrogens is 3. The van der Waals surface area contributed by atoms with Crippen molar-refractivity contribution in [1.29, 1.82) is 0 Å². The van der Waals surface area contributed by atoms with Crippen molar-refractivity contribution < 1.29 is 18.9 Å². The van der Waals surface area contributed by atoms with E-state index >= 15 is 0 Å². The van der Waals surface area contributed by atoms with Gasteiger partial charge in [0.2, 0.25) is 0 Å². The maximum absolute atomic E-state index is 6.49. The molecular formula is C40H48ClN4O4. The number of ether oxygens (including phenoxy) is 4. The molecule has 0 N–H and O–H groups in total. The average Bonchev–Trinajstić information content (AvgIpc) is 3.49. The van der Waals surface area contributed by atoms with Crippen LogP contribution in [0.25, 0.3) is 22.4 Å². The third kappa shape index (κ3) is 9.46. The minimum absolute atomic E-state index is 0.288. The summed E-state index contributed by atoms with van der Waals surface area (Å²) in [5.41, 5.74) is 4.34. The van der Waals surface area contributed by atoms with E-state index in [-0.39, 0.29) is 6.61 Å². The number of imidazole rings is 1. The van der Waals surface area contributed by atoms with Crippen molar-refractivity contribution in [3.8, 4) is 40.1 Å². The number of aryl methyl sites for hydroxylation is 2. The van der Waals surface area contributed by atoms with Crippen LogP contribution >= 0.6 is 11.6 Å². The number of hydrogen-bond donors (Lipinski definition) is 0. The summed E-state index contributed by atoms with van der Waals surface area (Å²) >= 11 is 6.27. The van der Waals surface area contributed by atoms with Gasteiger partial charge in [0.1, 0.15) is 40.9 Å². The summed E-state index contributed by atoms with van der Waals surface area (Å²) in [4.78, 5) is 12.1. The second-order valence-corrected chi connectivity index (χ2v) is 12.3. The highest BCUT2D eigenvalue weighted by molar-refractivity contribution is 6.31. The molecule has 0 saturated carbocycles. The fraction of sp³-hybridized carbons (Fsp3) is 0.375. The highest BCUT2D eigenvalue weighted by Crippen LogP contribution is 2.40. The van der Waals surface area contributed by atoms with Crippen LogP contribution in [0.2, 0.25) is 5.02 Å². The Labute approximate surface area is 295 Å². The number of nitrogens with zero attached hydrogens (tertiary/aromatic N) is 4. The van der Waals surface area contributed by atoms with Gasteiger partial charge >= 0.3 is 0 Å². The Morgan fingerprint density at radius 2 is 1.63 bits per heavy atom. The topological polar surface area (TPSA) is 70.9 Å². The van der Waals surface area contributed by atoms with Gasteiger partial charge in [-0.05, 0) is 94.2 Å². The van der Waals surface area contributed by atoms with E-state index in [4.69, 9.17) is 35.5 Å². The number of pyridine rings is 1. The summed E-state index contributed by atoms with van der Waals surface area (Å²) in [6.07, 6.45) is 5.35. The first kappa shape index (κ1) is 36.0. The van der Waals surface area contributed by atoms with Crippen molar-refractivity contribution in [3.05, 3.63) is 96.1 Å². The van der Waals surface area contributed by atoms with E-state index < -0.39 is 0 Å². The second kappa shape index (κ2) is 17.9. The van der Waals surface area contributed by atoms with Crippen LogP contribution in [0.15, 0.2) is 72.9 Å². The highest BCUT2D eigenvalue weighted by Gasteiger charge is 2.21. The Kier molecular flexibility index (Phi) is 13.2. The zero-order valence-electron chi connectivity index (χ0n) is 29.2. The van der Waals surface area contributed by atoms with Crippen LogP contribution in [0.5, 0.6) is 28.7 Å². The van der Waals surface area contributed by atoms with Crippen LogP contribution in [0.4, 0.5) is 0 Å². The molecule has 0 unspecified atom stereocenters. The van der Waals surface area contributed by atoms with Gasteiger partial charge in [0.05, 0.1) is 30.0 Å².